The van der Waals surface area contributed by atoms with E-state index in [0.29, 0.717) is 0 Å². The maximum Gasteiger partial charge on any atom is 0.106 e. The number of azide groups is 1. The lowest BCUT2D eigenvalue weighted by molar-refractivity contribution is 0.215. The molecule has 0 unspecified atom stereocenters. The number of rotatable bonds is 3. The minimum Gasteiger partial charge on any atom is -0.399 e. The lowest BCUT2D eigenvalue weighted by atomic mass is 10.2. The van der Waals surface area contributed by atoms with Crippen LogP contribution in [0.4, 0.5) is 0 Å². The minimum atomic E-state index is 0.790. The quantitative estimate of drug-likeness (QED) is 0.208. The Morgan fingerprint density at radius 3 is 3.08 bits per heavy atom. The fraction of sp³-hybridized carbons (Fsp3) is 0.571. The molecule has 0 amide bonds. The molecule has 1 aliphatic rings. The van der Waals surface area contributed by atoms with Crippen molar-refractivity contribution in [2.24, 2.45) is 10.3 Å². The third-order valence-electron chi connectivity index (χ3n) is 1.71. The van der Waals surface area contributed by atoms with Crippen molar-refractivity contribution in [1.82, 2.24) is 0 Å². The Morgan fingerprint density at radius 1 is 1.58 bits per heavy atom. The van der Waals surface area contributed by atoms with E-state index in [1.165, 1.54) is 7.11 Å². The summed E-state index contributed by atoms with van der Waals surface area (Å²) >= 11 is 0. The van der Waals surface area contributed by atoms with E-state index in [2.05, 4.69) is 20.0 Å². The highest BCUT2D eigenvalue weighted by atomic mass is 16.6. The van der Waals surface area contributed by atoms with Crippen LogP contribution in [0.2, 0.25) is 0 Å². The smallest absolute Gasteiger partial charge is 0.106 e. The third-order valence-corrected chi connectivity index (χ3v) is 1.71. The van der Waals surface area contributed by atoms with Crippen molar-refractivity contribution in [3.8, 4) is 0 Å². The average Bonchev–Trinajstić information content (AvgIpc) is 2.50. The maximum atomic E-state index is 8.22. The molecule has 64 valence electrons. The third kappa shape index (κ3) is 2.00. The topological polar surface area (TPSA) is 70.4 Å². The van der Waals surface area contributed by atoms with Crippen LogP contribution in [0.25, 0.3) is 10.4 Å². The Hall–Kier alpha value is -1.48. The summed E-state index contributed by atoms with van der Waals surface area (Å²) in [5, 5.41) is 7.19. The molecule has 1 rings (SSSR count). The molecule has 0 radical (unpaired) electrons. The Morgan fingerprint density at radius 2 is 2.42 bits per heavy atom. The minimum absolute atomic E-state index is 0.790. The van der Waals surface area contributed by atoms with Crippen LogP contribution in [0.1, 0.15) is 19.3 Å². The summed E-state index contributed by atoms with van der Waals surface area (Å²) in [4.78, 5) is 7.27. The summed E-state index contributed by atoms with van der Waals surface area (Å²) in [5.41, 5.74) is 9.99. The van der Waals surface area contributed by atoms with Gasteiger partial charge < -0.3 is 4.84 Å². The fourth-order valence-corrected chi connectivity index (χ4v) is 1.17. The summed E-state index contributed by atoms with van der Waals surface area (Å²) in [5.74, 6) is 0. The molecule has 0 N–H and O–H groups in total. The maximum absolute atomic E-state index is 8.22. The van der Waals surface area contributed by atoms with Gasteiger partial charge in [0, 0.05) is 10.6 Å². The Balaban J connectivity index is 2.76. The van der Waals surface area contributed by atoms with Crippen LogP contribution in [-0.4, -0.2) is 13.3 Å². The number of hydrogen-bond acceptors (Lipinski definition) is 3. The molecule has 0 heterocycles. The summed E-state index contributed by atoms with van der Waals surface area (Å²) in [7, 11) is 1.49. The molecule has 0 spiro atoms. The molecular weight excluding hydrogens is 156 g/mol. The van der Waals surface area contributed by atoms with Crippen molar-refractivity contribution < 1.29 is 4.84 Å². The van der Waals surface area contributed by atoms with Crippen LogP contribution in [-0.2, 0) is 4.84 Å². The van der Waals surface area contributed by atoms with Crippen molar-refractivity contribution >= 4 is 6.21 Å². The molecule has 5 heteroatoms. The second-order valence-corrected chi connectivity index (χ2v) is 2.43. The average molecular weight is 166 g/mol. The Kier molecular flexibility index (Phi) is 3.17. The van der Waals surface area contributed by atoms with E-state index in [-0.39, 0.29) is 0 Å². The van der Waals surface area contributed by atoms with Gasteiger partial charge in [-0.2, -0.15) is 0 Å². The molecule has 12 heavy (non-hydrogen) atoms. The zero-order chi connectivity index (χ0) is 8.81. The van der Waals surface area contributed by atoms with Crippen molar-refractivity contribution in [2.75, 3.05) is 7.11 Å². The number of allylic oxidation sites excluding steroid dienone is 2. The summed E-state index contributed by atoms with van der Waals surface area (Å²) in [6, 6.07) is 0. The molecule has 0 saturated carbocycles. The van der Waals surface area contributed by atoms with Crippen LogP contribution in [0.3, 0.4) is 0 Å². The highest BCUT2D eigenvalue weighted by Gasteiger charge is 2.10. The van der Waals surface area contributed by atoms with Crippen molar-refractivity contribution in [1.29, 1.82) is 0 Å². The van der Waals surface area contributed by atoms with Crippen molar-refractivity contribution in [3.63, 3.8) is 0 Å². The van der Waals surface area contributed by atoms with Crippen LogP contribution >= 0.6 is 0 Å². The number of nitrogens with zero attached hydrogens (tertiary/aromatic N) is 4. The number of hydrogen-bond donors (Lipinski definition) is 0. The predicted octanol–water partition coefficient (Wildman–Crippen LogP) is 2.37. The highest BCUT2D eigenvalue weighted by molar-refractivity contribution is 5.79. The van der Waals surface area contributed by atoms with E-state index < -0.39 is 0 Å². The first-order valence-electron chi connectivity index (χ1n) is 3.72. The molecule has 5 nitrogen and oxygen atoms in total. The van der Waals surface area contributed by atoms with Crippen LogP contribution in [0.5, 0.6) is 0 Å². The molecule has 0 bridgehead atoms. The first-order valence-corrected chi connectivity index (χ1v) is 3.72. The molecule has 0 aromatic carbocycles. The molecule has 1 aliphatic carbocycles. The van der Waals surface area contributed by atoms with Gasteiger partial charge in [0.2, 0.25) is 0 Å². The van der Waals surface area contributed by atoms with E-state index >= 15 is 0 Å². The lowest BCUT2D eigenvalue weighted by Crippen LogP contribution is -1.83. The molecular formula is C7H10N4O. The van der Waals surface area contributed by atoms with Gasteiger partial charge in [-0.3, -0.25) is 0 Å². The van der Waals surface area contributed by atoms with E-state index in [1.54, 1.807) is 6.21 Å². The van der Waals surface area contributed by atoms with Gasteiger partial charge >= 0.3 is 0 Å². The monoisotopic (exact) mass is 166 g/mol. The van der Waals surface area contributed by atoms with Crippen LogP contribution in [0, 0.1) is 0 Å². The van der Waals surface area contributed by atoms with Gasteiger partial charge in [-0.25, -0.2) is 0 Å². The zero-order valence-corrected chi connectivity index (χ0v) is 6.90. The standard InChI is InChI=1S/C7H10N4O/c1-12-9-5-6-3-2-4-7(6)10-11-8/h5H,2-4H2,1H3/b9-5+. The summed E-state index contributed by atoms with van der Waals surface area (Å²) in [6.07, 6.45) is 4.40. The molecule has 0 aromatic rings. The van der Waals surface area contributed by atoms with Gasteiger partial charge in [0.15, 0.2) is 0 Å². The van der Waals surface area contributed by atoms with Crippen LogP contribution < -0.4 is 0 Å². The van der Waals surface area contributed by atoms with E-state index in [4.69, 9.17) is 5.53 Å². The van der Waals surface area contributed by atoms with E-state index in [0.717, 1.165) is 30.5 Å². The highest BCUT2D eigenvalue weighted by Crippen LogP contribution is 2.25. The SMILES string of the molecule is CO/N=C/C1=C(N=[N+]=[N-])CCC1. The molecule has 0 saturated heterocycles. The van der Waals surface area contributed by atoms with Crippen LogP contribution in [0.15, 0.2) is 21.5 Å². The summed E-state index contributed by atoms with van der Waals surface area (Å²) < 4.78 is 0. The van der Waals surface area contributed by atoms with Gasteiger partial charge in [0.1, 0.15) is 7.11 Å². The van der Waals surface area contributed by atoms with Crippen molar-refractivity contribution in [3.05, 3.63) is 21.7 Å². The molecule has 0 atom stereocenters. The van der Waals surface area contributed by atoms with Gasteiger partial charge in [-0.15, -0.1) is 0 Å². The summed E-state index contributed by atoms with van der Waals surface area (Å²) in [6.45, 7) is 0. The van der Waals surface area contributed by atoms with Gasteiger partial charge in [0.05, 0.1) is 6.21 Å². The van der Waals surface area contributed by atoms with E-state index in [1.807, 2.05) is 0 Å². The predicted molar refractivity (Wildman–Crippen MR) is 45.5 cm³/mol. The largest absolute Gasteiger partial charge is 0.399 e. The second-order valence-electron chi connectivity index (χ2n) is 2.43. The number of oxime groups is 1. The zero-order valence-electron chi connectivity index (χ0n) is 6.90. The first kappa shape index (κ1) is 8.62. The van der Waals surface area contributed by atoms with Gasteiger partial charge in [0.25, 0.3) is 0 Å². The molecule has 0 aliphatic heterocycles. The first-order chi connectivity index (χ1) is 5.88. The lowest BCUT2D eigenvalue weighted by Gasteiger charge is -1.92. The Labute approximate surface area is 70.3 Å². The Bertz CT molecular complexity index is 263. The molecule has 0 aromatic heterocycles. The normalized spacial score (nSPS) is 16.8. The van der Waals surface area contributed by atoms with Gasteiger partial charge in [-0.05, 0) is 30.4 Å². The fourth-order valence-electron chi connectivity index (χ4n) is 1.17. The second kappa shape index (κ2) is 4.41. The van der Waals surface area contributed by atoms with E-state index in [9.17, 15) is 0 Å². The molecule has 0 fully saturated rings. The van der Waals surface area contributed by atoms with Crippen molar-refractivity contribution in [2.45, 2.75) is 19.3 Å². The van der Waals surface area contributed by atoms with Gasteiger partial charge in [-0.1, -0.05) is 10.3 Å².